The van der Waals surface area contributed by atoms with Crippen molar-refractivity contribution in [2.24, 2.45) is 0 Å². The van der Waals surface area contributed by atoms with Gasteiger partial charge in [-0.25, -0.2) is 0 Å². The maximum absolute atomic E-state index is 12.6. The van der Waals surface area contributed by atoms with Gasteiger partial charge in [-0.15, -0.1) is 0 Å². The third kappa shape index (κ3) is 3.88. The van der Waals surface area contributed by atoms with Crippen LogP contribution >= 0.6 is 0 Å². The fourth-order valence-electron chi connectivity index (χ4n) is 2.60. The Morgan fingerprint density at radius 2 is 1.90 bits per heavy atom. The van der Waals surface area contributed by atoms with E-state index in [4.69, 9.17) is 5.26 Å². The Morgan fingerprint density at radius 3 is 2.57 bits per heavy atom. The zero-order valence-corrected chi connectivity index (χ0v) is 11.5. The third-order valence-corrected chi connectivity index (χ3v) is 3.79. The predicted octanol–water partition coefficient (Wildman–Crippen LogP) is 3.68. The lowest BCUT2D eigenvalue weighted by atomic mass is 10.0. The molecule has 0 aromatic heterocycles. The number of nitrogens with one attached hydrogen (secondary N) is 1. The summed E-state index contributed by atoms with van der Waals surface area (Å²) in [6.07, 6.45) is -0.664. The predicted molar refractivity (Wildman–Crippen MR) is 72.7 cm³/mol. The fourth-order valence-corrected chi connectivity index (χ4v) is 2.60. The monoisotopic (exact) mass is 298 g/mol. The summed E-state index contributed by atoms with van der Waals surface area (Å²) in [6, 6.07) is 4.61. The molecule has 0 spiro atoms. The van der Waals surface area contributed by atoms with Gasteiger partial charge in [0.1, 0.15) is 6.07 Å². The number of aliphatic hydroxyl groups is 1. The Balaban J connectivity index is 2.22. The van der Waals surface area contributed by atoms with E-state index in [2.05, 4.69) is 5.32 Å². The second-order valence-electron chi connectivity index (χ2n) is 5.33. The van der Waals surface area contributed by atoms with Crippen LogP contribution in [0.2, 0.25) is 0 Å². The molecule has 0 aliphatic heterocycles. The molecule has 0 bridgehead atoms. The molecule has 114 valence electrons. The van der Waals surface area contributed by atoms with Crippen LogP contribution in [0.5, 0.6) is 0 Å². The highest BCUT2D eigenvalue weighted by atomic mass is 19.4. The number of halogens is 3. The quantitative estimate of drug-likeness (QED) is 0.819. The molecule has 1 saturated carbocycles. The fraction of sp³-hybridized carbons (Fsp3) is 0.533. The van der Waals surface area contributed by atoms with Gasteiger partial charge >= 0.3 is 6.18 Å². The number of hydrogen-bond donors (Lipinski definition) is 2. The third-order valence-electron chi connectivity index (χ3n) is 3.79. The second-order valence-corrected chi connectivity index (χ2v) is 5.33. The van der Waals surface area contributed by atoms with Crippen molar-refractivity contribution < 1.29 is 18.3 Å². The van der Waals surface area contributed by atoms with Crippen LogP contribution in [-0.2, 0) is 6.18 Å². The smallest absolute Gasteiger partial charge is 0.391 e. The first-order valence-corrected chi connectivity index (χ1v) is 6.98. The van der Waals surface area contributed by atoms with E-state index in [0.717, 1.165) is 37.8 Å². The molecule has 0 heterocycles. The second kappa shape index (κ2) is 6.35. The topological polar surface area (TPSA) is 56.0 Å². The maximum atomic E-state index is 12.6. The molecule has 0 saturated heterocycles. The first-order valence-electron chi connectivity index (χ1n) is 6.98. The number of rotatable bonds is 2. The molecule has 3 nitrogen and oxygen atoms in total. The van der Waals surface area contributed by atoms with Gasteiger partial charge in [0.2, 0.25) is 0 Å². The van der Waals surface area contributed by atoms with E-state index in [1.807, 2.05) is 0 Å². The molecule has 1 aromatic rings. The van der Waals surface area contributed by atoms with Crippen molar-refractivity contribution in [1.29, 1.82) is 5.26 Å². The van der Waals surface area contributed by atoms with Gasteiger partial charge in [0, 0.05) is 0 Å². The Bertz CT molecular complexity index is 537. The van der Waals surface area contributed by atoms with Gasteiger partial charge in [0.05, 0.1) is 29.0 Å². The summed E-state index contributed by atoms with van der Waals surface area (Å²) in [5.74, 6) is 0. The van der Waals surface area contributed by atoms with Crippen LogP contribution in [0.3, 0.4) is 0 Å². The molecule has 0 radical (unpaired) electrons. The maximum Gasteiger partial charge on any atom is 0.416 e. The SMILES string of the molecule is N#Cc1cc(C(F)(F)F)ccc1NC1CCCCCC1O. The van der Waals surface area contributed by atoms with Crippen LogP contribution in [0.25, 0.3) is 0 Å². The summed E-state index contributed by atoms with van der Waals surface area (Å²) in [5, 5.41) is 22.1. The molecule has 2 N–H and O–H groups in total. The molecular weight excluding hydrogens is 281 g/mol. The van der Waals surface area contributed by atoms with Crippen LogP contribution in [-0.4, -0.2) is 17.3 Å². The van der Waals surface area contributed by atoms with Crippen molar-refractivity contribution in [1.82, 2.24) is 0 Å². The van der Waals surface area contributed by atoms with Crippen LogP contribution in [0, 0.1) is 11.3 Å². The van der Waals surface area contributed by atoms with E-state index in [-0.39, 0.29) is 11.6 Å². The molecule has 6 heteroatoms. The molecule has 2 atom stereocenters. The van der Waals surface area contributed by atoms with E-state index in [1.54, 1.807) is 6.07 Å². The lowest BCUT2D eigenvalue weighted by Gasteiger charge is -2.23. The normalized spacial score (nSPS) is 23.2. The van der Waals surface area contributed by atoms with Crippen molar-refractivity contribution in [2.45, 2.75) is 50.4 Å². The van der Waals surface area contributed by atoms with E-state index in [1.165, 1.54) is 6.07 Å². The minimum absolute atomic E-state index is 0.0544. The van der Waals surface area contributed by atoms with E-state index < -0.39 is 17.8 Å². The van der Waals surface area contributed by atoms with Crippen LogP contribution < -0.4 is 5.32 Å². The Morgan fingerprint density at radius 1 is 1.19 bits per heavy atom. The standard InChI is InChI=1S/C15H17F3N2O/c16-15(17,18)11-6-7-12(10(8-11)9-19)20-13-4-2-1-3-5-14(13)21/h6-8,13-14,20-21H,1-5H2. The highest BCUT2D eigenvalue weighted by molar-refractivity contribution is 5.59. The molecular formula is C15H17F3N2O. The number of nitriles is 1. The summed E-state index contributed by atoms with van der Waals surface area (Å²) in [6.45, 7) is 0. The van der Waals surface area contributed by atoms with Gasteiger partial charge in [-0.1, -0.05) is 19.3 Å². The Hall–Kier alpha value is -1.74. The zero-order valence-electron chi connectivity index (χ0n) is 11.5. The Labute approximate surface area is 121 Å². The van der Waals surface area contributed by atoms with E-state index >= 15 is 0 Å². The largest absolute Gasteiger partial charge is 0.416 e. The van der Waals surface area contributed by atoms with Crippen LogP contribution in [0.1, 0.15) is 43.2 Å². The van der Waals surface area contributed by atoms with Crippen molar-refractivity contribution in [3.05, 3.63) is 29.3 Å². The number of hydrogen-bond acceptors (Lipinski definition) is 3. The summed E-state index contributed by atoms with van der Waals surface area (Å²) < 4.78 is 37.9. The van der Waals surface area contributed by atoms with Crippen LogP contribution in [0.15, 0.2) is 18.2 Å². The molecule has 1 aliphatic rings. The molecule has 21 heavy (non-hydrogen) atoms. The summed E-state index contributed by atoms with van der Waals surface area (Å²) in [5.41, 5.74) is -0.552. The zero-order chi connectivity index (χ0) is 15.5. The highest BCUT2D eigenvalue weighted by Crippen LogP contribution is 2.32. The van der Waals surface area contributed by atoms with E-state index in [9.17, 15) is 18.3 Å². The minimum atomic E-state index is -4.47. The molecule has 1 aliphatic carbocycles. The van der Waals surface area contributed by atoms with Crippen molar-refractivity contribution >= 4 is 5.69 Å². The van der Waals surface area contributed by atoms with Gasteiger partial charge in [0.25, 0.3) is 0 Å². The number of nitrogens with zero attached hydrogens (tertiary/aromatic N) is 1. The lowest BCUT2D eigenvalue weighted by Crippen LogP contribution is -2.32. The Kier molecular flexibility index (Phi) is 4.73. The lowest BCUT2D eigenvalue weighted by molar-refractivity contribution is -0.137. The van der Waals surface area contributed by atoms with Gasteiger partial charge in [-0.3, -0.25) is 0 Å². The molecule has 1 fully saturated rings. The number of alkyl halides is 3. The van der Waals surface area contributed by atoms with Gasteiger partial charge < -0.3 is 10.4 Å². The summed E-state index contributed by atoms with van der Waals surface area (Å²) >= 11 is 0. The molecule has 0 amide bonds. The average Bonchev–Trinajstić information content (AvgIpc) is 2.63. The van der Waals surface area contributed by atoms with Gasteiger partial charge in [0.15, 0.2) is 0 Å². The van der Waals surface area contributed by atoms with Crippen molar-refractivity contribution in [2.75, 3.05) is 5.32 Å². The van der Waals surface area contributed by atoms with Crippen molar-refractivity contribution in [3.8, 4) is 6.07 Å². The highest BCUT2D eigenvalue weighted by Gasteiger charge is 2.31. The average molecular weight is 298 g/mol. The van der Waals surface area contributed by atoms with Crippen molar-refractivity contribution in [3.63, 3.8) is 0 Å². The summed E-state index contributed by atoms with van der Waals surface area (Å²) in [4.78, 5) is 0. The first kappa shape index (κ1) is 15.6. The summed E-state index contributed by atoms with van der Waals surface area (Å²) in [7, 11) is 0. The molecule has 2 rings (SSSR count). The minimum Gasteiger partial charge on any atom is -0.391 e. The number of benzene rings is 1. The molecule has 1 aromatic carbocycles. The number of aliphatic hydroxyl groups excluding tert-OH is 1. The molecule has 2 unspecified atom stereocenters. The van der Waals surface area contributed by atoms with Gasteiger partial charge in [-0.05, 0) is 31.0 Å². The number of anilines is 1. The van der Waals surface area contributed by atoms with Gasteiger partial charge in [-0.2, -0.15) is 18.4 Å². The first-order chi connectivity index (χ1) is 9.91. The van der Waals surface area contributed by atoms with Crippen LogP contribution in [0.4, 0.5) is 18.9 Å². The van der Waals surface area contributed by atoms with E-state index in [0.29, 0.717) is 12.1 Å².